The van der Waals surface area contributed by atoms with Gasteiger partial charge >= 0.3 is 0 Å². The molecule has 0 saturated carbocycles. The van der Waals surface area contributed by atoms with Crippen LogP contribution in [0.1, 0.15) is 39.5 Å². The van der Waals surface area contributed by atoms with Crippen LogP contribution >= 0.6 is 0 Å². The number of anilines is 1. The van der Waals surface area contributed by atoms with Gasteiger partial charge in [-0.25, -0.2) is 0 Å². The van der Waals surface area contributed by atoms with E-state index in [0.717, 1.165) is 18.5 Å². The molecule has 0 unspecified atom stereocenters. The summed E-state index contributed by atoms with van der Waals surface area (Å²) in [7, 11) is 0. The van der Waals surface area contributed by atoms with E-state index in [9.17, 15) is 14.7 Å². The van der Waals surface area contributed by atoms with Crippen molar-refractivity contribution in [3.05, 3.63) is 30.3 Å². The summed E-state index contributed by atoms with van der Waals surface area (Å²) < 4.78 is 0. The quantitative estimate of drug-likeness (QED) is 0.791. The van der Waals surface area contributed by atoms with Crippen molar-refractivity contribution in [2.24, 2.45) is 11.8 Å². The molecule has 0 aromatic heterocycles. The van der Waals surface area contributed by atoms with E-state index in [4.69, 9.17) is 0 Å². The van der Waals surface area contributed by atoms with E-state index in [0.29, 0.717) is 6.42 Å². The average molecular weight is 276 g/mol. The van der Waals surface area contributed by atoms with Crippen molar-refractivity contribution in [1.29, 1.82) is 0 Å². The number of unbranched alkanes of at least 4 members (excludes halogenated alkanes) is 1. The maximum Gasteiger partial charge on any atom is 0.224 e. The summed E-state index contributed by atoms with van der Waals surface area (Å²) in [6.07, 6.45) is 2.53. The molecule has 0 bridgehead atoms. The van der Waals surface area contributed by atoms with Crippen molar-refractivity contribution in [2.45, 2.75) is 39.5 Å². The molecule has 0 saturated heterocycles. The van der Waals surface area contributed by atoms with E-state index < -0.39 is 11.9 Å². The number of carboxylic acid groups (broad SMARTS) is 1. The van der Waals surface area contributed by atoms with Gasteiger partial charge in [-0.1, -0.05) is 44.9 Å². The smallest absolute Gasteiger partial charge is 0.224 e. The third-order valence-corrected chi connectivity index (χ3v) is 3.42. The van der Waals surface area contributed by atoms with Gasteiger partial charge in [0.2, 0.25) is 5.91 Å². The number of para-hydroxylation sites is 1. The van der Waals surface area contributed by atoms with Crippen LogP contribution in [0, 0.1) is 11.8 Å². The highest BCUT2D eigenvalue weighted by Crippen LogP contribution is 2.21. The highest BCUT2D eigenvalue weighted by Gasteiger charge is 2.20. The lowest BCUT2D eigenvalue weighted by Crippen LogP contribution is -2.36. The number of carbonyl (C=O) groups excluding carboxylic acids is 2. The normalized spacial score (nSPS) is 13.5. The Labute approximate surface area is 120 Å². The zero-order valence-corrected chi connectivity index (χ0v) is 12.1. The fourth-order valence-electron chi connectivity index (χ4n) is 2.23. The van der Waals surface area contributed by atoms with E-state index in [2.05, 4.69) is 5.32 Å². The third kappa shape index (κ3) is 5.43. The summed E-state index contributed by atoms with van der Waals surface area (Å²) in [5, 5.41) is 13.9. The van der Waals surface area contributed by atoms with E-state index in [1.807, 2.05) is 25.1 Å². The van der Waals surface area contributed by atoms with Crippen LogP contribution in [-0.2, 0) is 9.59 Å². The molecule has 4 nitrogen and oxygen atoms in total. The van der Waals surface area contributed by atoms with E-state index >= 15 is 0 Å². The number of rotatable bonds is 8. The maximum absolute atomic E-state index is 11.9. The number of hydrogen-bond donors (Lipinski definition) is 1. The van der Waals surface area contributed by atoms with Crippen LogP contribution in [0.15, 0.2) is 30.3 Å². The summed E-state index contributed by atoms with van der Waals surface area (Å²) >= 11 is 0. The molecular formula is C16H22NO3-. The van der Waals surface area contributed by atoms with Crippen molar-refractivity contribution in [1.82, 2.24) is 0 Å². The second kappa shape index (κ2) is 8.35. The molecular weight excluding hydrogens is 254 g/mol. The van der Waals surface area contributed by atoms with Crippen molar-refractivity contribution >= 4 is 17.6 Å². The molecule has 1 aromatic carbocycles. The highest BCUT2D eigenvalue weighted by atomic mass is 16.4. The van der Waals surface area contributed by atoms with Gasteiger partial charge in [0.05, 0.1) is 0 Å². The molecule has 110 valence electrons. The van der Waals surface area contributed by atoms with Gasteiger partial charge in [0.1, 0.15) is 0 Å². The summed E-state index contributed by atoms with van der Waals surface area (Å²) in [6, 6.07) is 9.15. The van der Waals surface area contributed by atoms with Crippen LogP contribution in [0.5, 0.6) is 0 Å². The molecule has 0 radical (unpaired) electrons. The zero-order valence-electron chi connectivity index (χ0n) is 12.1. The molecule has 0 aliphatic rings. The number of aliphatic carboxylic acids is 1. The van der Waals surface area contributed by atoms with Crippen molar-refractivity contribution in [3.8, 4) is 0 Å². The molecule has 1 amide bonds. The Morgan fingerprint density at radius 2 is 1.90 bits per heavy atom. The fourth-order valence-corrected chi connectivity index (χ4v) is 2.23. The Morgan fingerprint density at radius 3 is 2.45 bits per heavy atom. The molecule has 0 aliphatic heterocycles. The molecule has 0 spiro atoms. The SMILES string of the molecule is CCCC[C@@H](C(=O)[O-])[C@@H](C)CC(=O)Nc1ccccc1. The topological polar surface area (TPSA) is 69.2 Å². The number of amides is 1. The maximum atomic E-state index is 11.9. The van der Waals surface area contributed by atoms with Crippen molar-refractivity contribution < 1.29 is 14.7 Å². The standard InChI is InChI=1S/C16H23NO3/c1-3-4-10-14(16(19)20)12(2)11-15(18)17-13-8-6-5-7-9-13/h5-9,12,14H,3-4,10-11H2,1-2H3,(H,17,18)(H,19,20)/p-1/t12-,14+/m0/s1. The van der Waals surface area contributed by atoms with Crippen LogP contribution < -0.4 is 10.4 Å². The zero-order chi connectivity index (χ0) is 15.0. The molecule has 0 heterocycles. The largest absolute Gasteiger partial charge is 0.550 e. The first-order valence-corrected chi connectivity index (χ1v) is 7.10. The van der Waals surface area contributed by atoms with Crippen LogP contribution in [0.4, 0.5) is 5.69 Å². The van der Waals surface area contributed by atoms with Crippen LogP contribution in [0.25, 0.3) is 0 Å². The Kier molecular flexibility index (Phi) is 6.77. The number of benzene rings is 1. The Morgan fingerprint density at radius 1 is 1.25 bits per heavy atom. The first-order chi connectivity index (χ1) is 9.54. The summed E-state index contributed by atoms with van der Waals surface area (Å²) in [6.45, 7) is 3.81. The molecule has 4 heteroatoms. The van der Waals surface area contributed by atoms with Gasteiger partial charge in [0.15, 0.2) is 0 Å². The lowest BCUT2D eigenvalue weighted by Gasteiger charge is -2.24. The molecule has 2 atom stereocenters. The second-order valence-electron chi connectivity index (χ2n) is 5.16. The summed E-state index contributed by atoms with van der Waals surface area (Å²) in [4.78, 5) is 23.0. The lowest BCUT2D eigenvalue weighted by molar-refractivity contribution is -0.313. The van der Waals surface area contributed by atoms with E-state index in [1.54, 1.807) is 19.1 Å². The Balaban J connectivity index is 2.52. The van der Waals surface area contributed by atoms with Crippen LogP contribution in [0.3, 0.4) is 0 Å². The average Bonchev–Trinajstić information content (AvgIpc) is 2.39. The minimum Gasteiger partial charge on any atom is -0.550 e. The predicted octanol–water partition coefficient (Wildman–Crippen LogP) is 2.21. The van der Waals surface area contributed by atoms with Gasteiger partial charge in [0, 0.05) is 24.0 Å². The summed E-state index contributed by atoms with van der Waals surface area (Å²) in [5.41, 5.74) is 0.725. The van der Waals surface area contributed by atoms with E-state index in [1.165, 1.54) is 0 Å². The van der Waals surface area contributed by atoms with Gasteiger partial charge in [-0.15, -0.1) is 0 Å². The molecule has 0 fully saturated rings. The van der Waals surface area contributed by atoms with Gasteiger partial charge in [0.25, 0.3) is 0 Å². The lowest BCUT2D eigenvalue weighted by atomic mass is 9.87. The third-order valence-electron chi connectivity index (χ3n) is 3.42. The molecule has 1 N–H and O–H groups in total. The first-order valence-electron chi connectivity index (χ1n) is 7.10. The van der Waals surface area contributed by atoms with Gasteiger partial charge in [-0.3, -0.25) is 4.79 Å². The van der Waals surface area contributed by atoms with Crippen LogP contribution in [-0.4, -0.2) is 11.9 Å². The van der Waals surface area contributed by atoms with E-state index in [-0.39, 0.29) is 18.2 Å². The highest BCUT2D eigenvalue weighted by molar-refractivity contribution is 5.91. The molecule has 20 heavy (non-hydrogen) atoms. The second-order valence-corrected chi connectivity index (χ2v) is 5.16. The number of nitrogens with one attached hydrogen (secondary N) is 1. The van der Waals surface area contributed by atoms with Crippen molar-refractivity contribution in [2.75, 3.05) is 5.32 Å². The van der Waals surface area contributed by atoms with Gasteiger partial charge in [-0.2, -0.15) is 0 Å². The Bertz CT molecular complexity index is 431. The number of carboxylic acids is 1. The predicted molar refractivity (Wildman–Crippen MR) is 76.9 cm³/mol. The van der Waals surface area contributed by atoms with Gasteiger partial charge in [-0.05, 0) is 24.5 Å². The first kappa shape index (κ1) is 16.2. The number of carbonyl (C=O) groups is 2. The van der Waals surface area contributed by atoms with Crippen LogP contribution in [0.2, 0.25) is 0 Å². The monoisotopic (exact) mass is 276 g/mol. The minimum absolute atomic E-state index is 0.161. The number of hydrogen-bond acceptors (Lipinski definition) is 3. The summed E-state index contributed by atoms with van der Waals surface area (Å²) in [5.74, 6) is -2.00. The minimum atomic E-state index is -1.06. The fraction of sp³-hybridized carbons (Fsp3) is 0.500. The van der Waals surface area contributed by atoms with Gasteiger partial charge < -0.3 is 15.2 Å². The molecule has 1 rings (SSSR count). The Hall–Kier alpha value is -1.84. The molecule has 0 aliphatic carbocycles. The van der Waals surface area contributed by atoms with Crippen molar-refractivity contribution in [3.63, 3.8) is 0 Å². The molecule has 1 aromatic rings.